The summed E-state index contributed by atoms with van der Waals surface area (Å²) in [5.74, 6) is -3.10. The summed E-state index contributed by atoms with van der Waals surface area (Å²) in [5.41, 5.74) is 6.43. The van der Waals surface area contributed by atoms with Crippen LogP contribution in [0.1, 0.15) is 58.4 Å². The first-order valence-electron chi connectivity index (χ1n) is 14.9. The Morgan fingerprint density at radius 3 is 2.32 bits per heavy atom. The third-order valence-electron chi connectivity index (χ3n) is 7.60. The summed E-state index contributed by atoms with van der Waals surface area (Å²) < 4.78 is 4.83. The number of imide groups is 1. The number of esters is 1. The number of hydrogen-bond acceptors (Lipinski definition) is 9. The summed E-state index contributed by atoms with van der Waals surface area (Å²) in [6.07, 6.45) is 0.860. The standard InChI is InChI=1S/C30H46N6O8/c1-18(2)26(28(41)34-24(38)11-12-25(39)36-15-13-22(19(3)16-36)29(42)44-4)35-27(40)23(6-5-14-32-30(31)43)33-21-9-7-20(17-37)8-10-21/h7-10,18-19,22-23,26,33,37H,5-6,11-17H2,1-4H3,(H,35,40)(H3,31,32,43)(H,34,38,41)/t19?,22?,23-,26-/m0/s1. The number of primary amides is 1. The Morgan fingerprint density at radius 2 is 1.75 bits per heavy atom. The Labute approximate surface area is 257 Å². The van der Waals surface area contributed by atoms with Crippen LogP contribution in [0, 0.1) is 17.8 Å². The zero-order valence-corrected chi connectivity index (χ0v) is 25.9. The highest BCUT2D eigenvalue weighted by Gasteiger charge is 2.34. The number of nitrogens with two attached hydrogens (primary N) is 1. The van der Waals surface area contributed by atoms with Crippen LogP contribution in [0.3, 0.4) is 0 Å². The molecule has 14 nitrogen and oxygen atoms in total. The Kier molecular flexibility index (Phi) is 14.6. The van der Waals surface area contributed by atoms with Crippen LogP contribution in [0.2, 0.25) is 0 Å². The highest BCUT2D eigenvalue weighted by molar-refractivity contribution is 6.00. The molecule has 4 atom stereocenters. The van der Waals surface area contributed by atoms with Crippen molar-refractivity contribution >= 4 is 41.3 Å². The second kappa shape index (κ2) is 17.8. The lowest BCUT2D eigenvalue weighted by atomic mass is 9.87. The number of anilines is 1. The molecule has 0 bridgehead atoms. The maximum absolute atomic E-state index is 13.3. The first-order chi connectivity index (χ1) is 20.9. The van der Waals surface area contributed by atoms with Gasteiger partial charge in [0, 0.05) is 38.2 Å². The van der Waals surface area contributed by atoms with Crippen LogP contribution in [-0.4, -0.2) is 84.5 Å². The van der Waals surface area contributed by atoms with E-state index >= 15 is 0 Å². The first kappa shape index (κ1) is 36.0. The minimum Gasteiger partial charge on any atom is -0.469 e. The zero-order chi connectivity index (χ0) is 32.8. The van der Waals surface area contributed by atoms with E-state index in [0.29, 0.717) is 37.2 Å². The van der Waals surface area contributed by atoms with Crippen LogP contribution in [0.4, 0.5) is 10.5 Å². The second-order valence-electron chi connectivity index (χ2n) is 11.4. The third-order valence-corrected chi connectivity index (χ3v) is 7.60. The Morgan fingerprint density at radius 1 is 1.07 bits per heavy atom. The van der Waals surface area contributed by atoms with E-state index < -0.39 is 35.8 Å². The fraction of sp³-hybridized carbons (Fsp3) is 0.600. The van der Waals surface area contributed by atoms with Gasteiger partial charge in [-0.25, -0.2) is 4.79 Å². The first-order valence-corrected chi connectivity index (χ1v) is 14.9. The van der Waals surface area contributed by atoms with Gasteiger partial charge in [-0.05, 0) is 48.8 Å². The van der Waals surface area contributed by atoms with E-state index in [1.54, 1.807) is 43.0 Å². The van der Waals surface area contributed by atoms with Crippen molar-refractivity contribution in [2.45, 2.75) is 71.6 Å². The molecule has 1 aliphatic rings. The fourth-order valence-corrected chi connectivity index (χ4v) is 5.01. The molecule has 14 heteroatoms. The molecule has 1 heterocycles. The number of ether oxygens (including phenoxy) is 1. The Hall–Kier alpha value is -4.20. The van der Waals surface area contributed by atoms with Crippen LogP contribution < -0.4 is 27.0 Å². The predicted octanol–water partition coefficient (Wildman–Crippen LogP) is 0.629. The van der Waals surface area contributed by atoms with Crippen LogP contribution in [0.25, 0.3) is 0 Å². The van der Waals surface area contributed by atoms with Crippen molar-refractivity contribution in [1.82, 2.24) is 20.9 Å². The molecular formula is C30H46N6O8. The zero-order valence-electron chi connectivity index (χ0n) is 25.9. The minimum absolute atomic E-state index is 0.0800. The molecule has 2 unspecified atom stereocenters. The molecule has 1 fully saturated rings. The van der Waals surface area contributed by atoms with E-state index in [0.717, 1.165) is 0 Å². The van der Waals surface area contributed by atoms with Gasteiger partial charge < -0.3 is 36.4 Å². The summed E-state index contributed by atoms with van der Waals surface area (Å²) in [7, 11) is 1.34. The summed E-state index contributed by atoms with van der Waals surface area (Å²) in [6, 6.07) is 4.32. The van der Waals surface area contributed by atoms with E-state index in [-0.39, 0.29) is 62.0 Å². The smallest absolute Gasteiger partial charge is 0.312 e. The van der Waals surface area contributed by atoms with Gasteiger partial charge in [-0.2, -0.15) is 0 Å². The number of likely N-dealkylation sites (tertiary alicyclic amines) is 1. The number of carbonyl (C=O) groups is 6. The third kappa shape index (κ3) is 11.5. The Balaban J connectivity index is 1.96. The molecule has 0 saturated carbocycles. The van der Waals surface area contributed by atoms with E-state index in [2.05, 4.69) is 21.3 Å². The molecule has 0 radical (unpaired) electrons. The number of urea groups is 1. The number of benzene rings is 1. The number of rotatable bonds is 15. The highest BCUT2D eigenvalue weighted by Crippen LogP contribution is 2.25. The molecule has 44 heavy (non-hydrogen) atoms. The van der Waals surface area contributed by atoms with E-state index in [1.807, 2.05) is 6.92 Å². The number of amides is 6. The van der Waals surface area contributed by atoms with Crippen molar-refractivity contribution in [3.63, 3.8) is 0 Å². The quantitative estimate of drug-likeness (QED) is 0.120. The van der Waals surface area contributed by atoms with Crippen molar-refractivity contribution in [3.8, 4) is 0 Å². The summed E-state index contributed by atoms with van der Waals surface area (Å²) in [5, 5.41) is 19.9. The van der Waals surface area contributed by atoms with Crippen LogP contribution in [0.5, 0.6) is 0 Å². The van der Waals surface area contributed by atoms with Crippen molar-refractivity contribution in [1.29, 1.82) is 0 Å². The molecule has 0 aromatic heterocycles. The van der Waals surface area contributed by atoms with Gasteiger partial charge in [-0.1, -0.05) is 32.9 Å². The van der Waals surface area contributed by atoms with Gasteiger partial charge in [0.2, 0.25) is 23.6 Å². The minimum atomic E-state index is -1.04. The maximum atomic E-state index is 13.3. The van der Waals surface area contributed by atoms with Crippen molar-refractivity contribution in [2.75, 3.05) is 32.1 Å². The molecule has 0 aliphatic carbocycles. The monoisotopic (exact) mass is 618 g/mol. The lowest BCUT2D eigenvalue weighted by Crippen LogP contribution is -2.54. The molecular weight excluding hydrogens is 572 g/mol. The number of aliphatic hydroxyl groups is 1. The van der Waals surface area contributed by atoms with E-state index in [1.165, 1.54) is 7.11 Å². The van der Waals surface area contributed by atoms with Crippen molar-refractivity contribution < 1.29 is 38.6 Å². The number of piperidine rings is 1. The van der Waals surface area contributed by atoms with Crippen molar-refractivity contribution in [2.24, 2.45) is 23.5 Å². The van der Waals surface area contributed by atoms with E-state index in [9.17, 15) is 33.9 Å². The number of methoxy groups -OCH3 is 1. The summed E-state index contributed by atoms with van der Waals surface area (Å²) >= 11 is 0. The van der Waals surface area contributed by atoms with Gasteiger partial charge in [-0.15, -0.1) is 0 Å². The number of nitrogens with one attached hydrogen (secondary N) is 4. The summed E-state index contributed by atoms with van der Waals surface area (Å²) in [4.78, 5) is 76.2. The number of nitrogens with zero attached hydrogens (tertiary/aromatic N) is 1. The average molecular weight is 619 g/mol. The largest absolute Gasteiger partial charge is 0.469 e. The molecule has 7 N–H and O–H groups in total. The van der Waals surface area contributed by atoms with Crippen LogP contribution in [0.15, 0.2) is 24.3 Å². The lowest BCUT2D eigenvalue weighted by Gasteiger charge is -2.35. The van der Waals surface area contributed by atoms with Crippen LogP contribution in [-0.2, 0) is 35.3 Å². The SMILES string of the molecule is COC(=O)C1CCN(C(=O)CCC(=O)NC(=O)[C@@H](NC(=O)[C@H](CCCNC(N)=O)Nc2ccc(CO)cc2)C(C)C)CC1C. The van der Waals surface area contributed by atoms with Gasteiger partial charge >= 0.3 is 12.0 Å². The Bertz CT molecular complexity index is 1160. The van der Waals surface area contributed by atoms with Crippen LogP contribution >= 0.6 is 0 Å². The molecule has 0 spiro atoms. The second-order valence-corrected chi connectivity index (χ2v) is 11.4. The topological polar surface area (TPSA) is 209 Å². The molecule has 2 rings (SSSR count). The van der Waals surface area contributed by atoms with Gasteiger partial charge in [0.25, 0.3) is 0 Å². The number of carbonyl (C=O) groups excluding carboxylic acids is 6. The fourth-order valence-electron chi connectivity index (χ4n) is 5.01. The van der Waals surface area contributed by atoms with Gasteiger partial charge in [0.05, 0.1) is 19.6 Å². The molecule has 6 amide bonds. The summed E-state index contributed by atoms with van der Waals surface area (Å²) in [6.45, 7) is 6.20. The molecule has 1 aliphatic heterocycles. The molecule has 1 aromatic rings. The lowest BCUT2D eigenvalue weighted by molar-refractivity contribution is -0.151. The van der Waals surface area contributed by atoms with Gasteiger partial charge in [0.15, 0.2) is 0 Å². The average Bonchev–Trinajstić information content (AvgIpc) is 2.99. The molecule has 244 valence electrons. The number of hydrogen-bond donors (Lipinski definition) is 6. The van der Waals surface area contributed by atoms with E-state index in [4.69, 9.17) is 10.5 Å². The molecule has 1 saturated heterocycles. The normalized spacial score (nSPS) is 17.6. The highest BCUT2D eigenvalue weighted by atomic mass is 16.5. The molecule has 1 aromatic carbocycles. The van der Waals surface area contributed by atoms with Crippen molar-refractivity contribution in [3.05, 3.63) is 29.8 Å². The number of aliphatic hydroxyl groups excluding tert-OH is 1. The maximum Gasteiger partial charge on any atom is 0.312 e. The van der Waals surface area contributed by atoms with Gasteiger partial charge in [-0.3, -0.25) is 29.3 Å². The predicted molar refractivity (Wildman–Crippen MR) is 162 cm³/mol. The van der Waals surface area contributed by atoms with Gasteiger partial charge in [0.1, 0.15) is 12.1 Å².